The molecule has 0 amide bonds. The highest BCUT2D eigenvalue weighted by molar-refractivity contribution is 7.14. The molecule has 5 heteroatoms. The fourth-order valence-electron chi connectivity index (χ4n) is 1.10. The lowest BCUT2D eigenvalue weighted by molar-refractivity contribution is 0.0698. The predicted octanol–water partition coefficient (Wildman–Crippen LogP) is 1.77. The summed E-state index contributed by atoms with van der Waals surface area (Å²) in [6.07, 6.45) is 1.31. The lowest BCUT2D eigenvalue weighted by atomic mass is 10.3. The van der Waals surface area contributed by atoms with Gasteiger partial charge in [0.1, 0.15) is 5.75 Å². The highest BCUT2D eigenvalue weighted by atomic mass is 32.1. The summed E-state index contributed by atoms with van der Waals surface area (Å²) < 4.78 is 5.29. The van der Waals surface area contributed by atoms with Crippen LogP contribution in [-0.4, -0.2) is 29.4 Å². The van der Waals surface area contributed by atoms with Gasteiger partial charge in [0.25, 0.3) is 0 Å². The minimum absolute atomic E-state index is 0.0488. The molecule has 0 atom stereocenters. The van der Waals surface area contributed by atoms with Crippen LogP contribution in [0.5, 0.6) is 5.75 Å². The molecule has 84 valence electrons. The maximum atomic E-state index is 10.9. The molecule has 0 aliphatic rings. The molecule has 1 aromatic rings. The standard InChI is InChI=1S/C10H14O4S/c1-2-7-6-8(14-5-3-4-11)9(15-7)10(12)13/h6,11H,2-5H2,1H3,(H,12,13). The van der Waals surface area contributed by atoms with Crippen molar-refractivity contribution in [3.8, 4) is 5.75 Å². The zero-order valence-corrected chi connectivity index (χ0v) is 9.34. The second-order valence-corrected chi connectivity index (χ2v) is 4.13. The first-order chi connectivity index (χ1) is 7.19. The molecule has 0 saturated carbocycles. The minimum atomic E-state index is -0.960. The van der Waals surface area contributed by atoms with Gasteiger partial charge < -0.3 is 14.9 Å². The first-order valence-electron chi connectivity index (χ1n) is 4.78. The Labute approximate surface area is 92.1 Å². The molecule has 4 nitrogen and oxygen atoms in total. The molecule has 0 radical (unpaired) electrons. The van der Waals surface area contributed by atoms with Gasteiger partial charge in [-0.3, -0.25) is 0 Å². The molecule has 0 spiro atoms. The molecule has 1 rings (SSSR count). The quantitative estimate of drug-likeness (QED) is 0.731. The Morgan fingerprint density at radius 1 is 1.60 bits per heavy atom. The normalized spacial score (nSPS) is 10.3. The number of rotatable bonds is 6. The number of thiophene rings is 1. The van der Waals surface area contributed by atoms with Crippen molar-refractivity contribution < 1.29 is 19.7 Å². The van der Waals surface area contributed by atoms with Gasteiger partial charge in [0, 0.05) is 17.9 Å². The van der Waals surface area contributed by atoms with Gasteiger partial charge in [-0.15, -0.1) is 11.3 Å². The molecule has 0 aromatic carbocycles. The molecule has 15 heavy (non-hydrogen) atoms. The van der Waals surface area contributed by atoms with Gasteiger partial charge in [0.2, 0.25) is 0 Å². The number of carbonyl (C=O) groups is 1. The van der Waals surface area contributed by atoms with Crippen molar-refractivity contribution in [3.05, 3.63) is 15.8 Å². The largest absolute Gasteiger partial charge is 0.492 e. The number of aromatic carboxylic acids is 1. The van der Waals surface area contributed by atoms with E-state index in [0.29, 0.717) is 18.8 Å². The van der Waals surface area contributed by atoms with E-state index in [0.717, 1.165) is 11.3 Å². The number of aliphatic hydroxyl groups excluding tert-OH is 1. The van der Waals surface area contributed by atoms with E-state index in [1.807, 2.05) is 6.92 Å². The van der Waals surface area contributed by atoms with Crippen LogP contribution >= 0.6 is 11.3 Å². The van der Waals surface area contributed by atoms with Crippen LogP contribution in [0, 0.1) is 0 Å². The minimum Gasteiger partial charge on any atom is -0.492 e. The Bertz CT molecular complexity index is 332. The van der Waals surface area contributed by atoms with Crippen LogP contribution in [0.3, 0.4) is 0 Å². The van der Waals surface area contributed by atoms with Gasteiger partial charge in [0.05, 0.1) is 6.61 Å². The molecule has 0 saturated heterocycles. The average molecular weight is 230 g/mol. The number of ether oxygens (including phenoxy) is 1. The number of hydrogen-bond donors (Lipinski definition) is 2. The molecule has 2 N–H and O–H groups in total. The van der Waals surface area contributed by atoms with E-state index in [1.54, 1.807) is 6.07 Å². The molecule has 1 heterocycles. The number of aryl methyl sites for hydroxylation is 1. The molecule has 0 bridgehead atoms. The van der Waals surface area contributed by atoms with Crippen molar-refractivity contribution in [2.24, 2.45) is 0 Å². The summed E-state index contributed by atoms with van der Waals surface area (Å²) in [5.41, 5.74) is 0. The fourth-order valence-corrected chi connectivity index (χ4v) is 1.98. The van der Waals surface area contributed by atoms with Crippen LogP contribution in [0.4, 0.5) is 0 Å². The van der Waals surface area contributed by atoms with Crippen molar-refractivity contribution in [2.45, 2.75) is 19.8 Å². The third-order valence-corrected chi connectivity index (χ3v) is 3.10. The highest BCUT2D eigenvalue weighted by Gasteiger charge is 2.15. The van der Waals surface area contributed by atoms with Gasteiger partial charge in [-0.1, -0.05) is 6.92 Å². The van der Waals surface area contributed by atoms with Crippen molar-refractivity contribution in [3.63, 3.8) is 0 Å². The zero-order valence-electron chi connectivity index (χ0n) is 8.52. The molecule has 0 aliphatic heterocycles. The third kappa shape index (κ3) is 3.21. The summed E-state index contributed by atoms with van der Waals surface area (Å²) in [5.74, 6) is -0.545. The fraction of sp³-hybridized carbons (Fsp3) is 0.500. The summed E-state index contributed by atoms with van der Waals surface area (Å²) in [5, 5.41) is 17.5. The maximum Gasteiger partial charge on any atom is 0.349 e. The Kier molecular flexibility index (Phi) is 4.58. The van der Waals surface area contributed by atoms with Gasteiger partial charge in [0.15, 0.2) is 4.88 Å². The molecule has 0 fully saturated rings. The third-order valence-electron chi connectivity index (χ3n) is 1.85. The van der Waals surface area contributed by atoms with E-state index >= 15 is 0 Å². The SMILES string of the molecule is CCc1cc(OCCCO)c(C(=O)O)s1. The van der Waals surface area contributed by atoms with E-state index < -0.39 is 5.97 Å². The first kappa shape index (κ1) is 12.0. The van der Waals surface area contributed by atoms with Crippen molar-refractivity contribution in [1.82, 2.24) is 0 Å². The summed E-state index contributed by atoms with van der Waals surface area (Å²) in [4.78, 5) is 12.1. The molecule has 0 aliphatic carbocycles. The van der Waals surface area contributed by atoms with E-state index in [-0.39, 0.29) is 11.5 Å². The summed E-state index contributed by atoms with van der Waals surface area (Å²) in [6.45, 7) is 2.36. The average Bonchev–Trinajstić information content (AvgIpc) is 2.62. The van der Waals surface area contributed by atoms with Crippen LogP contribution in [0.1, 0.15) is 27.9 Å². The summed E-state index contributed by atoms with van der Waals surface area (Å²) in [7, 11) is 0. The Hall–Kier alpha value is -1.07. The number of hydrogen-bond acceptors (Lipinski definition) is 4. The smallest absolute Gasteiger partial charge is 0.349 e. The second kappa shape index (κ2) is 5.72. The molecular weight excluding hydrogens is 216 g/mol. The number of carboxylic acid groups (broad SMARTS) is 1. The van der Waals surface area contributed by atoms with Crippen molar-refractivity contribution in [1.29, 1.82) is 0 Å². The first-order valence-corrected chi connectivity index (χ1v) is 5.60. The van der Waals surface area contributed by atoms with Crippen molar-refractivity contribution >= 4 is 17.3 Å². The maximum absolute atomic E-state index is 10.9. The van der Waals surface area contributed by atoms with Gasteiger partial charge >= 0.3 is 5.97 Å². The molecule has 1 aromatic heterocycles. The van der Waals surface area contributed by atoms with Crippen LogP contribution < -0.4 is 4.74 Å². The zero-order chi connectivity index (χ0) is 11.3. The van der Waals surface area contributed by atoms with E-state index in [4.69, 9.17) is 14.9 Å². The van der Waals surface area contributed by atoms with Crippen LogP contribution in [0.15, 0.2) is 6.07 Å². The summed E-state index contributed by atoms with van der Waals surface area (Å²) >= 11 is 1.24. The second-order valence-electron chi connectivity index (χ2n) is 2.99. The number of carboxylic acids is 1. The summed E-state index contributed by atoms with van der Waals surface area (Å²) in [6, 6.07) is 1.76. The lowest BCUT2D eigenvalue weighted by Gasteiger charge is -2.02. The van der Waals surface area contributed by atoms with E-state index in [1.165, 1.54) is 11.3 Å². The predicted molar refractivity (Wildman–Crippen MR) is 57.9 cm³/mol. The van der Waals surface area contributed by atoms with Gasteiger partial charge in [-0.25, -0.2) is 4.79 Å². The molecule has 0 unspecified atom stereocenters. The van der Waals surface area contributed by atoms with E-state index in [9.17, 15) is 4.79 Å². The van der Waals surface area contributed by atoms with Gasteiger partial charge in [-0.05, 0) is 12.5 Å². The Morgan fingerprint density at radius 3 is 2.87 bits per heavy atom. The van der Waals surface area contributed by atoms with Crippen LogP contribution in [0.2, 0.25) is 0 Å². The van der Waals surface area contributed by atoms with Gasteiger partial charge in [-0.2, -0.15) is 0 Å². The number of aliphatic hydroxyl groups is 1. The van der Waals surface area contributed by atoms with Crippen LogP contribution in [-0.2, 0) is 6.42 Å². The lowest BCUT2D eigenvalue weighted by Crippen LogP contribution is -2.02. The Morgan fingerprint density at radius 2 is 2.33 bits per heavy atom. The van der Waals surface area contributed by atoms with Crippen LogP contribution in [0.25, 0.3) is 0 Å². The molecular formula is C10H14O4S. The van der Waals surface area contributed by atoms with E-state index in [2.05, 4.69) is 0 Å². The monoisotopic (exact) mass is 230 g/mol. The highest BCUT2D eigenvalue weighted by Crippen LogP contribution is 2.29. The topological polar surface area (TPSA) is 66.8 Å². The van der Waals surface area contributed by atoms with Crippen molar-refractivity contribution in [2.75, 3.05) is 13.2 Å². The Balaban J connectivity index is 2.75.